The molecule has 4 N–H and O–H groups in total. The highest BCUT2D eigenvalue weighted by Gasteiger charge is 2.46. The quantitative estimate of drug-likeness (QED) is 0.432. The number of halogens is 1. The summed E-state index contributed by atoms with van der Waals surface area (Å²) >= 11 is 0. The molecule has 0 atom stereocenters. The molecular weight excluding hydrogens is 467 g/mol. The zero-order chi connectivity index (χ0) is 25.0. The summed E-state index contributed by atoms with van der Waals surface area (Å²) in [7, 11) is 0. The fourth-order valence-electron chi connectivity index (χ4n) is 5.78. The minimum Gasteiger partial charge on any atom is -0.484 e. The van der Waals surface area contributed by atoms with Gasteiger partial charge in [-0.2, -0.15) is 0 Å². The minimum atomic E-state index is -0.575. The molecule has 2 aliphatic carbocycles. The van der Waals surface area contributed by atoms with E-state index in [9.17, 15) is 14.0 Å². The molecular formula is C25H23FN6O4. The molecule has 11 heteroatoms. The second-order valence-corrected chi connectivity index (χ2v) is 9.51. The van der Waals surface area contributed by atoms with E-state index in [1.54, 1.807) is 18.2 Å². The molecule has 0 aliphatic heterocycles. The van der Waals surface area contributed by atoms with E-state index in [1.807, 2.05) is 10.6 Å². The van der Waals surface area contributed by atoms with Gasteiger partial charge in [0.1, 0.15) is 11.6 Å². The molecule has 2 aliphatic rings. The van der Waals surface area contributed by atoms with Crippen LogP contribution in [0.1, 0.15) is 54.1 Å². The van der Waals surface area contributed by atoms with Gasteiger partial charge in [-0.25, -0.2) is 14.0 Å². The predicted molar refractivity (Wildman–Crippen MR) is 127 cm³/mol. The average Bonchev–Trinajstić information content (AvgIpc) is 3.52. The molecule has 0 radical (unpaired) electrons. The number of ether oxygens (including phenoxy) is 1. The molecule has 2 heterocycles. The maximum atomic E-state index is 14.0. The highest BCUT2D eigenvalue weighted by atomic mass is 19.1. The topological polar surface area (TPSA) is 152 Å². The summed E-state index contributed by atoms with van der Waals surface area (Å²) in [6.45, 7) is -0.240. The van der Waals surface area contributed by atoms with Crippen molar-refractivity contribution in [3.05, 3.63) is 53.3 Å². The van der Waals surface area contributed by atoms with E-state index in [0.717, 1.165) is 36.8 Å². The number of anilines is 1. The molecule has 2 aromatic carbocycles. The third-order valence-corrected chi connectivity index (χ3v) is 7.40. The first-order chi connectivity index (χ1) is 17.3. The number of aromatic nitrogens is 4. The summed E-state index contributed by atoms with van der Waals surface area (Å²) < 4.78 is 26.2. The van der Waals surface area contributed by atoms with Crippen molar-refractivity contribution in [2.24, 2.45) is 5.73 Å². The number of primary amides is 1. The Morgan fingerprint density at radius 3 is 2.72 bits per heavy atom. The summed E-state index contributed by atoms with van der Waals surface area (Å²) in [4.78, 5) is 28.6. The monoisotopic (exact) mass is 490 g/mol. The van der Waals surface area contributed by atoms with Gasteiger partial charge in [0.05, 0.1) is 11.0 Å². The van der Waals surface area contributed by atoms with Crippen molar-refractivity contribution in [3.63, 3.8) is 0 Å². The van der Waals surface area contributed by atoms with Crippen LogP contribution in [0.5, 0.6) is 5.75 Å². The number of nitrogens with zero attached hydrogens (tertiary/aromatic N) is 4. The molecule has 10 nitrogen and oxygen atoms in total. The zero-order valence-corrected chi connectivity index (χ0v) is 19.2. The van der Waals surface area contributed by atoms with E-state index in [1.165, 1.54) is 12.1 Å². The molecule has 1 saturated carbocycles. The number of imidazole rings is 1. The Balaban J connectivity index is 1.32. The SMILES string of the molecule is NC(=O)COc1ccc2c(c1)C(=O)CC21CCC(n2c(-c3nonc3N)nc3cc(F)ccc32)CC1. The van der Waals surface area contributed by atoms with Gasteiger partial charge < -0.3 is 20.8 Å². The normalized spacial score (nSPS) is 21.2. The van der Waals surface area contributed by atoms with Crippen LogP contribution in [0.25, 0.3) is 22.6 Å². The van der Waals surface area contributed by atoms with E-state index in [2.05, 4.69) is 15.3 Å². The number of rotatable bonds is 5. The lowest BCUT2D eigenvalue weighted by Crippen LogP contribution is -2.31. The Morgan fingerprint density at radius 2 is 2.00 bits per heavy atom. The lowest BCUT2D eigenvalue weighted by atomic mass is 9.69. The summed E-state index contributed by atoms with van der Waals surface area (Å²) in [6, 6.07) is 9.95. The Kier molecular flexibility index (Phi) is 5.02. The predicted octanol–water partition coefficient (Wildman–Crippen LogP) is 3.31. The number of hydrogen-bond donors (Lipinski definition) is 2. The number of nitrogen functional groups attached to an aromatic ring is 1. The number of carbonyl (C=O) groups is 2. The maximum Gasteiger partial charge on any atom is 0.255 e. The molecule has 1 fully saturated rings. The Morgan fingerprint density at radius 1 is 1.19 bits per heavy atom. The highest BCUT2D eigenvalue weighted by Crippen LogP contribution is 2.52. The Labute approximate surface area is 204 Å². The van der Waals surface area contributed by atoms with Crippen molar-refractivity contribution in [2.45, 2.75) is 43.6 Å². The van der Waals surface area contributed by atoms with E-state index in [-0.39, 0.29) is 35.5 Å². The molecule has 1 spiro atoms. The molecule has 0 unspecified atom stereocenters. The van der Waals surface area contributed by atoms with Crippen molar-refractivity contribution in [1.29, 1.82) is 0 Å². The second-order valence-electron chi connectivity index (χ2n) is 9.51. The highest BCUT2D eigenvalue weighted by molar-refractivity contribution is 6.02. The standard InChI is InChI=1S/C25H23FN6O4/c26-13-1-4-19-18(9-13)29-24(22-23(28)31-36-30-22)32(19)14-5-7-25(8-6-14)11-20(33)16-10-15(2-3-17(16)25)35-12-21(27)34/h1-4,9-10,14H,5-8,11-12H2,(H2,27,34)(H2,28,31). The number of fused-ring (bicyclic) bond motifs is 3. The van der Waals surface area contributed by atoms with Gasteiger partial charge in [-0.1, -0.05) is 6.07 Å². The molecule has 36 heavy (non-hydrogen) atoms. The number of amides is 1. The van der Waals surface area contributed by atoms with Crippen LogP contribution in [-0.4, -0.2) is 38.2 Å². The van der Waals surface area contributed by atoms with Gasteiger partial charge in [0, 0.05) is 29.5 Å². The fourth-order valence-corrected chi connectivity index (χ4v) is 5.78. The minimum absolute atomic E-state index is 0.0366. The Bertz CT molecular complexity index is 1520. The van der Waals surface area contributed by atoms with Crippen molar-refractivity contribution in [2.75, 3.05) is 12.3 Å². The smallest absolute Gasteiger partial charge is 0.255 e. The van der Waals surface area contributed by atoms with Crippen molar-refractivity contribution < 1.29 is 23.3 Å². The molecule has 184 valence electrons. The first kappa shape index (κ1) is 22.2. The van der Waals surface area contributed by atoms with Gasteiger partial charge >= 0.3 is 0 Å². The van der Waals surface area contributed by atoms with Crippen LogP contribution in [0.15, 0.2) is 41.0 Å². The average molecular weight is 490 g/mol. The number of carbonyl (C=O) groups excluding carboxylic acids is 2. The van der Waals surface area contributed by atoms with Crippen LogP contribution < -0.4 is 16.2 Å². The molecule has 6 rings (SSSR count). The number of hydrogen-bond acceptors (Lipinski definition) is 8. The largest absolute Gasteiger partial charge is 0.484 e. The van der Waals surface area contributed by atoms with E-state index < -0.39 is 5.91 Å². The van der Waals surface area contributed by atoms with E-state index >= 15 is 0 Å². The van der Waals surface area contributed by atoms with Crippen LogP contribution in [0.2, 0.25) is 0 Å². The summed E-state index contributed by atoms with van der Waals surface area (Å²) in [5.41, 5.74) is 14.1. The molecule has 1 amide bonds. The summed E-state index contributed by atoms with van der Waals surface area (Å²) in [6.07, 6.45) is 3.54. The van der Waals surface area contributed by atoms with Crippen LogP contribution in [0.3, 0.4) is 0 Å². The lowest BCUT2D eigenvalue weighted by molar-refractivity contribution is -0.119. The zero-order valence-electron chi connectivity index (χ0n) is 19.2. The number of ketones is 1. The van der Waals surface area contributed by atoms with Crippen LogP contribution in [0, 0.1) is 5.82 Å². The maximum absolute atomic E-state index is 14.0. The van der Waals surface area contributed by atoms with Gasteiger partial charge in [0.2, 0.25) is 0 Å². The molecule has 0 saturated heterocycles. The molecule has 2 aromatic heterocycles. The fraction of sp³-hybridized carbons (Fsp3) is 0.320. The molecule has 0 bridgehead atoms. The second kappa shape index (κ2) is 8.14. The Hall–Kier alpha value is -4.28. The van der Waals surface area contributed by atoms with E-state index in [0.29, 0.717) is 34.8 Å². The van der Waals surface area contributed by atoms with E-state index in [4.69, 9.17) is 20.8 Å². The molecule has 4 aromatic rings. The van der Waals surface area contributed by atoms with Gasteiger partial charge in [-0.15, -0.1) is 0 Å². The van der Waals surface area contributed by atoms with Gasteiger partial charge in [0.25, 0.3) is 5.91 Å². The van der Waals surface area contributed by atoms with Gasteiger partial charge in [0.15, 0.2) is 29.7 Å². The first-order valence-corrected chi connectivity index (χ1v) is 11.7. The summed E-state index contributed by atoms with van der Waals surface area (Å²) in [5, 5.41) is 7.61. The summed E-state index contributed by atoms with van der Waals surface area (Å²) in [5.74, 6) is 0.158. The number of benzene rings is 2. The third kappa shape index (κ3) is 3.50. The van der Waals surface area contributed by atoms with Crippen molar-refractivity contribution in [1.82, 2.24) is 19.9 Å². The van der Waals surface area contributed by atoms with Crippen LogP contribution in [0.4, 0.5) is 10.2 Å². The van der Waals surface area contributed by atoms with Gasteiger partial charge in [-0.05, 0) is 65.8 Å². The van der Waals surface area contributed by atoms with Gasteiger partial charge in [-0.3, -0.25) is 9.59 Å². The number of Topliss-reactive ketones (excluding diaryl/α,β-unsaturated/α-hetero) is 1. The van der Waals surface area contributed by atoms with Crippen molar-refractivity contribution in [3.8, 4) is 17.3 Å². The van der Waals surface area contributed by atoms with Crippen molar-refractivity contribution >= 4 is 28.5 Å². The van der Waals surface area contributed by atoms with Crippen LogP contribution in [-0.2, 0) is 10.2 Å². The third-order valence-electron chi connectivity index (χ3n) is 7.40. The number of nitrogens with two attached hydrogens (primary N) is 2. The first-order valence-electron chi connectivity index (χ1n) is 11.7. The lowest BCUT2D eigenvalue weighted by Gasteiger charge is -2.38. The van der Waals surface area contributed by atoms with Crippen LogP contribution >= 0.6 is 0 Å².